The smallest absolute Gasteiger partial charge is 0.238 e. The summed E-state index contributed by atoms with van der Waals surface area (Å²) in [6.45, 7) is 5.94. The van der Waals surface area contributed by atoms with E-state index < -0.39 is 0 Å². The molecule has 0 bridgehead atoms. The average Bonchev–Trinajstić information content (AvgIpc) is 2.44. The number of aryl methyl sites for hydroxylation is 2. The maximum Gasteiger partial charge on any atom is 0.238 e. The topological polar surface area (TPSA) is 42.0 Å². The number of hydrogen-bond acceptors (Lipinski definition) is 3. The van der Waals surface area contributed by atoms with Crippen LogP contribution in [0.25, 0.3) is 0 Å². The highest BCUT2D eigenvalue weighted by Crippen LogP contribution is 2.29. The Morgan fingerprint density at radius 2 is 2.00 bits per heavy atom. The van der Waals surface area contributed by atoms with Gasteiger partial charge in [-0.1, -0.05) is 40.9 Å². The van der Waals surface area contributed by atoms with Gasteiger partial charge in [-0.15, -0.1) is 11.8 Å². The van der Waals surface area contributed by atoms with E-state index in [1.54, 1.807) is 6.07 Å². The molecule has 0 aliphatic rings. The fourth-order valence-corrected chi connectivity index (χ4v) is 3.27. The van der Waals surface area contributed by atoms with Crippen LogP contribution >= 0.6 is 35.0 Å². The highest BCUT2D eigenvalue weighted by molar-refractivity contribution is 8.00. The second-order valence-corrected chi connectivity index (χ2v) is 7.23. The number of rotatable bonds is 4. The quantitative estimate of drug-likeness (QED) is 0.774. The van der Waals surface area contributed by atoms with Gasteiger partial charge in [-0.25, -0.2) is 4.98 Å². The van der Waals surface area contributed by atoms with E-state index in [1.807, 2.05) is 32.9 Å². The van der Waals surface area contributed by atoms with Crippen molar-refractivity contribution >= 4 is 46.7 Å². The van der Waals surface area contributed by atoms with Crippen molar-refractivity contribution in [2.24, 2.45) is 0 Å². The molecule has 2 rings (SSSR count). The Balaban J connectivity index is 2.05. The van der Waals surface area contributed by atoms with Crippen molar-refractivity contribution in [1.29, 1.82) is 0 Å². The summed E-state index contributed by atoms with van der Waals surface area (Å²) < 4.78 is 0. The van der Waals surface area contributed by atoms with Gasteiger partial charge in [-0.3, -0.25) is 4.79 Å². The molecule has 1 N–H and O–H groups in total. The van der Waals surface area contributed by atoms with Gasteiger partial charge in [0.05, 0.1) is 15.3 Å². The number of thioether (sulfide) groups is 1. The first-order valence-electron chi connectivity index (χ1n) is 6.72. The van der Waals surface area contributed by atoms with Crippen LogP contribution in [0.3, 0.4) is 0 Å². The Morgan fingerprint density at radius 1 is 1.27 bits per heavy atom. The van der Waals surface area contributed by atoms with Crippen molar-refractivity contribution in [3.05, 3.63) is 51.6 Å². The molecule has 0 saturated heterocycles. The second kappa shape index (κ2) is 7.36. The minimum absolute atomic E-state index is 0.151. The molecule has 0 fully saturated rings. The fourth-order valence-electron chi connectivity index (χ4n) is 1.90. The third kappa shape index (κ3) is 4.38. The summed E-state index contributed by atoms with van der Waals surface area (Å²) in [7, 11) is 0. The van der Waals surface area contributed by atoms with Crippen LogP contribution < -0.4 is 5.32 Å². The number of hydrogen-bond donors (Lipinski definition) is 1. The number of halogens is 2. The third-order valence-electron chi connectivity index (χ3n) is 3.05. The summed E-state index contributed by atoms with van der Waals surface area (Å²) in [4.78, 5) is 17.4. The number of aromatic nitrogens is 1. The minimum atomic E-state index is -0.269. The number of amides is 1. The standard InChI is InChI=1S/C16H16Cl2N2OS/c1-9-4-5-14(10(2)6-9)22-11(3)16(21)20-15-13(18)7-12(17)8-19-15/h4-8,11H,1-3H3,(H,19,20,21)/t11-/m0/s1. The number of benzene rings is 1. The van der Waals surface area contributed by atoms with Crippen molar-refractivity contribution in [2.75, 3.05) is 5.32 Å². The molecule has 0 unspecified atom stereocenters. The first kappa shape index (κ1) is 17.1. The van der Waals surface area contributed by atoms with E-state index in [-0.39, 0.29) is 11.2 Å². The Bertz CT molecular complexity index is 707. The summed E-state index contributed by atoms with van der Waals surface area (Å²) in [5, 5.41) is 3.21. The predicted molar refractivity (Wildman–Crippen MR) is 94.1 cm³/mol. The van der Waals surface area contributed by atoms with Gasteiger partial charge in [0.25, 0.3) is 0 Å². The van der Waals surface area contributed by atoms with Gasteiger partial charge >= 0.3 is 0 Å². The molecule has 0 radical (unpaired) electrons. The van der Waals surface area contributed by atoms with Gasteiger partial charge in [-0.05, 0) is 38.5 Å². The van der Waals surface area contributed by atoms with Crippen LogP contribution in [0.2, 0.25) is 10.0 Å². The number of pyridine rings is 1. The molecule has 0 aliphatic carbocycles. The van der Waals surface area contributed by atoms with Crippen LogP contribution in [0.4, 0.5) is 5.82 Å². The molecule has 1 aromatic carbocycles. The van der Waals surface area contributed by atoms with Crippen molar-refractivity contribution in [2.45, 2.75) is 30.9 Å². The summed E-state index contributed by atoms with van der Waals surface area (Å²) in [5.41, 5.74) is 2.36. The molecule has 116 valence electrons. The van der Waals surface area contributed by atoms with Crippen LogP contribution in [-0.4, -0.2) is 16.1 Å². The van der Waals surface area contributed by atoms with E-state index >= 15 is 0 Å². The van der Waals surface area contributed by atoms with Gasteiger partial charge < -0.3 is 5.32 Å². The van der Waals surface area contributed by atoms with Crippen LogP contribution in [0.15, 0.2) is 35.4 Å². The van der Waals surface area contributed by atoms with Crippen molar-refractivity contribution in [1.82, 2.24) is 4.98 Å². The van der Waals surface area contributed by atoms with Gasteiger partial charge in [0.2, 0.25) is 5.91 Å². The van der Waals surface area contributed by atoms with E-state index in [9.17, 15) is 4.79 Å². The minimum Gasteiger partial charge on any atom is -0.308 e. The highest BCUT2D eigenvalue weighted by Gasteiger charge is 2.17. The number of carbonyl (C=O) groups excluding carboxylic acids is 1. The van der Waals surface area contributed by atoms with Crippen molar-refractivity contribution in [3.63, 3.8) is 0 Å². The Hall–Kier alpha value is -1.23. The zero-order valence-electron chi connectivity index (χ0n) is 12.5. The van der Waals surface area contributed by atoms with Gasteiger partial charge in [0.15, 0.2) is 5.82 Å². The van der Waals surface area contributed by atoms with E-state index in [1.165, 1.54) is 23.5 Å². The van der Waals surface area contributed by atoms with Crippen LogP contribution in [0.5, 0.6) is 0 Å². The summed E-state index contributed by atoms with van der Waals surface area (Å²) in [5.74, 6) is 0.172. The van der Waals surface area contributed by atoms with Crippen LogP contribution in [0.1, 0.15) is 18.1 Å². The summed E-state index contributed by atoms with van der Waals surface area (Å²) >= 11 is 13.3. The molecule has 2 aromatic rings. The van der Waals surface area contributed by atoms with Crippen LogP contribution in [0, 0.1) is 13.8 Å². The lowest BCUT2D eigenvalue weighted by Crippen LogP contribution is -2.23. The molecule has 22 heavy (non-hydrogen) atoms. The van der Waals surface area contributed by atoms with E-state index in [4.69, 9.17) is 23.2 Å². The highest BCUT2D eigenvalue weighted by atomic mass is 35.5. The number of anilines is 1. The molecular formula is C16H16Cl2N2OS. The lowest BCUT2D eigenvalue weighted by molar-refractivity contribution is -0.115. The molecule has 3 nitrogen and oxygen atoms in total. The monoisotopic (exact) mass is 354 g/mol. The largest absolute Gasteiger partial charge is 0.308 e. The lowest BCUT2D eigenvalue weighted by Gasteiger charge is -2.14. The number of nitrogens with zero attached hydrogens (tertiary/aromatic N) is 1. The first-order chi connectivity index (χ1) is 10.4. The molecule has 0 spiro atoms. The van der Waals surface area contributed by atoms with Crippen molar-refractivity contribution in [3.8, 4) is 0 Å². The predicted octanol–water partition coefficient (Wildman–Crippen LogP) is 5.12. The Morgan fingerprint density at radius 3 is 2.64 bits per heavy atom. The van der Waals surface area contributed by atoms with E-state index in [0.29, 0.717) is 15.9 Å². The van der Waals surface area contributed by atoms with Crippen LogP contribution in [-0.2, 0) is 4.79 Å². The zero-order valence-corrected chi connectivity index (χ0v) is 14.8. The average molecular weight is 355 g/mol. The Labute approximate surface area is 144 Å². The molecule has 1 aromatic heterocycles. The fraction of sp³-hybridized carbons (Fsp3) is 0.250. The maximum absolute atomic E-state index is 12.3. The SMILES string of the molecule is Cc1ccc(S[C@@H](C)C(=O)Nc2ncc(Cl)cc2Cl)c(C)c1. The lowest BCUT2D eigenvalue weighted by atomic mass is 10.2. The normalized spacial score (nSPS) is 12.0. The number of carbonyl (C=O) groups is 1. The van der Waals surface area contributed by atoms with Crippen molar-refractivity contribution < 1.29 is 4.79 Å². The molecular weight excluding hydrogens is 339 g/mol. The third-order valence-corrected chi connectivity index (χ3v) is 4.83. The zero-order chi connectivity index (χ0) is 16.3. The maximum atomic E-state index is 12.3. The number of nitrogens with one attached hydrogen (secondary N) is 1. The summed E-state index contributed by atoms with van der Waals surface area (Å²) in [6.07, 6.45) is 1.45. The van der Waals surface area contributed by atoms with Gasteiger partial charge in [0, 0.05) is 11.1 Å². The molecule has 1 amide bonds. The Kier molecular flexibility index (Phi) is 5.73. The van der Waals surface area contributed by atoms with E-state index in [2.05, 4.69) is 16.4 Å². The molecule has 1 atom stereocenters. The first-order valence-corrected chi connectivity index (χ1v) is 8.36. The molecule has 6 heteroatoms. The molecule has 0 aliphatic heterocycles. The molecule has 0 saturated carbocycles. The van der Waals surface area contributed by atoms with Gasteiger partial charge in [0.1, 0.15) is 0 Å². The van der Waals surface area contributed by atoms with E-state index in [0.717, 1.165) is 10.5 Å². The summed E-state index contributed by atoms with van der Waals surface area (Å²) in [6, 6.07) is 7.72. The van der Waals surface area contributed by atoms with Gasteiger partial charge in [-0.2, -0.15) is 0 Å². The second-order valence-electron chi connectivity index (χ2n) is 5.00. The molecule has 1 heterocycles.